The molecule has 0 aliphatic heterocycles. The molecule has 0 aliphatic carbocycles. The zero-order chi connectivity index (χ0) is 17.6. The van der Waals surface area contributed by atoms with Crippen LogP contribution in [0, 0.1) is 5.41 Å². The fourth-order valence-electron chi connectivity index (χ4n) is 2.38. The minimum absolute atomic E-state index is 0.213. The zero-order valence-corrected chi connectivity index (χ0v) is 14.9. The van der Waals surface area contributed by atoms with Gasteiger partial charge < -0.3 is 9.47 Å². The van der Waals surface area contributed by atoms with Crippen LogP contribution < -0.4 is 0 Å². The largest absolute Gasteiger partial charge is 0.465 e. The van der Waals surface area contributed by atoms with Crippen LogP contribution in [0.3, 0.4) is 0 Å². The molecule has 0 fully saturated rings. The van der Waals surface area contributed by atoms with E-state index in [0.29, 0.717) is 0 Å². The summed E-state index contributed by atoms with van der Waals surface area (Å²) in [6.45, 7) is 9.77. The highest BCUT2D eigenvalue weighted by molar-refractivity contribution is 6.00. The first-order chi connectivity index (χ1) is 11.1. The Bertz CT molecular complexity index is 367. The second-order valence-electron chi connectivity index (χ2n) is 5.54. The van der Waals surface area contributed by atoms with Crippen LogP contribution in [0.2, 0.25) is 0 Å². The van der Waals surface area contributed by atoms with Crippen LogP contribution in [0.15, 0.2) is 24.8 Å². The summed E-state index contributed by atoms with van der Waals surface area (Å²) in [5.74, 6) is -1.07. The van der Waals surface area contributed by atoms with Crippen molar-refractivity contribution in [2.24, 2.45) is 5.41 Å². The number of carbonyl (C=O) groups is 2. The van der Waals surface area contributed by atoms with Crippen molar-refractivity contribution in [3.05, 3.63) is 24.8 Å². The van der Waals surface area contributed by atoms with E-state index < -0.39 is 17.4 Å². The molecule has 132 valence electrons. The van der Waals surface area contributed by atoms with Gasteiger partial charge in [-0.1, -0.05) is 44.4 Å². The van der Waals surface area contributed by atoms with E-state index in [2.05, 4.69) is 13.5 Å². The van der Waals surface area contributed by atoms with Crippen molar-refractivity contribution in [2.45, 2.75) is 65.7 Å². The second kappa shape index (κ2) is 12.9. The first-order valence-electron chi connectivity index (χ1n) is 8.69. The summed E-state index contributed by atoms with van der Waals surface area (Å²) < 4.78 is 10.2. The first kappa shape index (κ1) is 21.4. The number of carbonyl (C=O) groups excluding carboxylic acids is 2. The first-order valence-corrected chi connectivity index (χ1v) is 8.69. The third-order valence-corrected chi connectivity index (χ3v) is 3.68. The molecule has 0 aromatic carbocycles. The van der Waals surface area contributed by atoms with Crippen molar-refractivity contribution in [1.82, 2.24) is 0 Å². The summed E-state index contributed by atoms with van der Waals surface area (Å²) in [4.78, 5) is 24.7. The number of esters is 2. The number of rotatable bonds is 13. The van der Waals surface area contributed by atoms with Gasteiger partial charge in [0, 0.05) is 0 Å². The van der Waals surface area contributed by atoms with Crippen LogP contribution in [-0.4, -0.2) is 25.2 Å². The van der Waals surface area contributed by atoms with E-state index in [1.54, 1.807) is 19.9 Å². The number of ether oxygens (including phenoxy) is 2. The molecule has 0 aromatic rings. The molecular weight excluding hydrogens is 292 g/mol. The molecule has 0 rings (SSSR count). The molecule has 23 heavy (non-hydrogen) atoms. The molecule has 0 aromatic heterocycles. The highest BCUT2D eigenvalue weighted by Crippen LogP contribution is 2.32. The third-order valence-electron chi connectivity index (χ3n) is 3.68. The minimum atomic E-state index is -1.31. The molecule has 4 heteroatoms. The normalized spacial score (nSPS) is 11.4. The molecule has 0 spiro atoms. The Labute approximate surface area is 140 Å². The molecule has 0 radical (unpaired) electrons. The molecule has 0 N–H and O–H groups in total. The van der Waals surface area contributed by atoms with Crippen molar-refractivity contribution in [2.75, 3.05) is 13.2 Å². The quantitative estimate of drug-likeness (QED) is 0.215. The summed E-state index contributed by atoms with van der Waals surface area (Å²) in [7, 11) is 0. The lowest BCUT2D eigenvalue weighted by Gasteiger charge is -2.26. The number of hydrogen-bond acceptors (Lipinski definition) is 4. The van der Waals surface area contributed by atoms with Crippen molar-refractivity contribution in [3.8, 4) is 0 Å². The van der Waals surface area contributed by atoms with Crippen LogP contribution in [-0.2, 0) is 19.1 Å². The Hall–Kier alpha value is -1.58. The van der Waals surface area contributed by atoms with Gasteiger partial charge in [0.15, 0.2) is 5.41 Å². The predicted molar refractivity (Wildman–Crippen MR) is 93.0 cm³/mol. The van der Waals surface area contributed by atoms with Gasteiger partial charge in [-0.05, 0) is 39.5 Å². The van der Waals surface area contributed by atoms with Crippen LogP contribution in [0.4, 0.5) is 0 Å². The van der Waals surface area contributed by atoms with Gasteiger partial charge >= 0.3 is 11.9 Å². The summed E-state index contributed by atoms with van der Waals surface area (Å²) in [6, 6.07) is 0. The Kier molecular flexibility index (Phi) is 12.0. The topological polar surface area (TPSA) is 52.6 Å². The van der Waals surface area contributed by atoms with Crippen molar-refractivity contribution < 1.29 is 19.1 Å². The average Bonchev–Trinajstić information content (AvgIpc) is 2.53. The van der Waals surface area contributed by atoms with E-state index in [4.69, 9.17) is 9.47 Å². The predicted octanol–water partition coefficient (Wildman–Crippen LogP) is 4.59. The maximum Gasteiger partial charge on any atom is 0.324 e. The van der Waals surface area contributed by atoms with Crippen LogP contribution in [0.25, 0.3) is 0 Å². The van der Waals surface area contributed by atoms with Gasteiger partial charge in [0.05, 0.1) is 13.2 Å². The van der Waals surface area contributed by atoms with E-state index in [0.717, 1.165) is 12.8 Å². The third kappa shape index (κ3) is 7.49. The summed E-state index contributed by atoms with van der Waals surface area (Å²) >= 11 is 0. The van der Waals surface area contributed by atoms with E-state index in [1.807, 2.05) is 12.2 Å². The number of unbranched alkanes of at least 4 members (excludes halogenated alkanes) is 4. The molecule has 0 unspecified atom stereocenters. The molecule has 0 bridgehead atoms. The second-order valence-corrected chi connectivity index (χ2v) is 5.54. The maximum absolute atomic E-state index is 12.4. The smallest absolute Gasteiger partial charge is 0.324 e. The lowest BCUT2D eigenvalue weighted by molar-refractivity contribution is -0.171. The van der Waals surface area contributed by atoms with Gasteiger partial charge in [0.25, 0.3) is 0 Å². The summed E-state index contributed by atoms with van der Waals surface area (Å²) in [6.07, 6.45) is 11.7. The van der Waals surface area contributed by atoms with Gasteiger partial charge in [-0.15, -0.1) is 6.58 Å². The van der Waals surface area contributed by atoms with Gasteiger partial charge in [0.2, 0.25) is 0 Å². The van der Waals surface area contributed by atoms with Crippen LogP contribution in [0.5, 0.6) is 0 Å². The SMILES string of the molecule is C=CCC(C/C=C/CCCCCC)(C(=O)OCC)C(=O)OCC. The van der Waals surface area contributed by atoms with E-state index in [1.165, 1.54) is 19.3 Å². The fourth-order valence-corrected chi connectivity index (χ4v) is 2.38. The Balaban J connectivity index is 4.93. The highest BCUT2D eigenvalue weighted by Gasteiger charge is 2.46. The molecular formula is C19H32O4. The van der Waals surface area contributed by atoms with Crippen molar-refractivity contribution in [1.29, 1.82) is 0 Å². The molecule has 4 nitrogen and oxygen atoms in total. The van der Waals surface area contributed by atoms with Crippen molar-refractivity contribution >= 4 is 11.9 Å². The van der Waals surface area contributed by atoms with Crippen LogP contribution >= 0.6 is 0 Å². The minimum Gasteiger partial charge on any atom is -0.465 e. The number of hydrogen-bond donors (Lipinski definition) is 0. The molecule has 0 amide bonds. The molecule has 0 atom stereocenters. The zero-order valence-electron chi connectivity index (χ0n) is 14.9. The lowest BCUT2D eigenvalue weighted by Crippen LogP contribution is -2.41. The highest BCUT2D eigenvalue weighted by atomic mass is 16.6. The molecule has 0 heterocycles. The Morgan fingerprint density at radius 1 is 0.913 bits per heavy atom. The van der Waals surface area contributed by atoms with Gasteiger partial charge in [0.1, 0.15) is 0 Å². The fraction of sp³-hybridized carbons (Fsp3) is 0.684. The van der Waals surface area contributed by atoms with Crippen LogP contribution in [0.1, 0.15) is 65.7 Å². The molecule has 0 saturated carbocycles. The van der Waals surface area contributed by atoms with Crippen molar-refractivity contribution in [3.63, 3.8) is 0 Å². The number of allylic oxidation sites excluding steroid dienone is 3. The van der Waals surface area contributed by atoms with Gasteiger partial charge in [-0.2, -0.15) is 0 Å². The average molecular weight is 324 g/mol. The molecule has 0 saturated heterocycles. The Morgan fingerprint density at radius 3 is 2.00 bits per heavy atom. The summed E-state index contributed by atoms with van der Waals surface area (Å²) in [5, 5.41) is 0. The van der Waals surface area contributed by atoms with Gasteiger partial charge in [-0.25, -0.2) is 0 Å². The van der Waals surface area contributed by atoms with Gasteiger partial charge in [-0.3, -0.25) is 9.59 Å². The maximum atomic E-state index is 12.4. The molecule has 0 aliphatic rings. The standard InChI is InChI=1S/C19H32O4/c1-5-9-10-11-12-13-14-16-19(15-6-2,17(20)22-7-3)18(21)23-8-4/h6,13-14H,2,5,7-12,15-16H2,1,3-4H3/b14-13+. The Morgan fingerprint density at radius 2 is 1.52 bits per heavy atom. The van der Waals surface area contributed by atoms with E-state index in [-0.39, 0.29) is 26.1 Å². The monoisotopic (exact) mass is 324 g/mol. The lowest BCUT2D eigenvalue weighted by atomic mass is 9.80. The van der Waals surface area contributed by atoms with E-state index >= 15 is 0 Å². The summed E-state index contributed by atoms with van der Waals surface area (Å²) in [5.41, 5.74) is -1.31. The van der Waals surface area contributed by atoms with E-state index in [9.17, 15) is 9.59 Å².